The average molecular weight is 300 g/mol. The van der Waals surface area contributed by atoms with Crippen LogP contribution in [0.15, 0.2) is 24.3 Å². The fourth-order valence-electron chi connectivity index (χ4n) is 1.28. The third kappa shape index (κ3) is 5.22. The topological polar surface area (TPSA) is 38.3 Å². The van der Waals surface area contributed by atoms with Crippen molar-refractivity contribution in [3.8, 4) is 5.75 Å². The van der Waals surface area contributed by atoms with Gasteiger partial charge in [0.05, 0.1) is 6.61 Å². The number of amides is 1. The van der Waals surface area contributed by atoms with Crippen LogP contribution in [0.5, 0.6) is 5.75 Å². The Morgan fingerprint density at radius 2 is 2.24 bits per heavy atom. The first-order valence-electron chi connectivity index (χ1n) is 5.70. The molecule has 0 aliphatic rings. The number of nitrogens with one attached hydrogen (secondary N) is 1. The van der Waals surface area contributed by atoms with Crippen molar-refractivity contribution in [2.75, 3.05) is 18.5 Å². The molecule has 0 saturated carbocycles. The van der Waals surface area contributed by atoms with E-state index in [1.54, 1.807) is 12.1 Å². The highest BCUT2D eigenvalue weighted by Gasteiger charge is 2.06. The molecule has 0 aromatic heterocycles. The zero-order valence-electron chi connectivity index (χ0n) is 10.2. The highest BCUT2D eigenvalue weighted by atomic mass is 79.9. The van der Waals surface area contributed by atoms with Crippen LogP contribution >= 0.6 is 15.9 Å². The third-order valence-corrected chi connectivity index (χ3v) is 2.44. The zero-order chi connectivity index (χ0) is 12.7. The van der Waals surface area contributed by atoms with E-state index in [9.17, 15) is 4.79 Å². The van der Waals surface area contributed by atoms with E-state index in [1.807, 2.05) is 12.1 Å². The van der Waals surface area contributed by atoms with Crippen LogP contribution in [0, 0.1) is 5.92 Å². The van der Waals surface area contributed by atoms with Gasteiger partial charge < -0.3 is 10.1 Å². The number of ether oxygens (including phenoxy) is 1. The largest absolute Gasteiger partial charge is 0.493 e. The lowest BCUT2D eigenvalue weighted by molar-refractivity contribution is 0.0948. The van der Waals surface area contributed by atoms with E-state index >= 15 is 0 Å². The van der Waals surface area contributed by atoms with Crippen LogP contribution in [0.25, 0.3) is 0 Å². The smallest absolute Gasteiger partial charge is 0.251 e. The minimum atomic E-state index is -0.0528. The van der Waals surface area contributed by atoms with Gasteiger partial charge >= 0.3 is 0 Å². The molecular formula is C13H18BrNO2. The van der Waals surface area contributed by atoms with Crippen LogP contribution < -0.4 is 10.1 Å². The van der Waals surface area contributed by atoms with Gasteiger partial charge in [-0.25, -0.2) is 0 Å². The Morgan fingerprint density at radius 1 is 1.47 bits per heavy atom. The van der Waals surface area contributed by atoms with Gasteiger partial charge in [0.25, 0.3) is 5.91 Å². The Bertz CT molecular complexity index is 366. The van der Waals surface area contributed by atoms with Gasteiger partial charge in [-0.15, -0.1) is 0 Å². The van der Waals surface area contributed by atoms with Crippen molar-refractivity contribution in [2.45, 2.75) is 13.8 Å². The lowest BCUT2D eigenvalue weighted by Crippen LogP contribution is -2.27. The molecule has 0 fully saturated rings. The molecule has 0 atom stereocenters. The van der Waals surface area contributed by atoms with Crippen molar-refractivity contribution in [3.63, 3.8) is 0 Å². The predicted molar refractivity (Wildman–Crippen MR) is 72.9 cm³/mol. The maximum atomic E-state index is 11.8. The van der Waals surface area contributed by atoms with E-state index in [-0.39, 0.29) is 5.91 Å². The van der Waals surface area contributed by atoms with E-state index in [4.69, 9.17) is 4.74 Å². The normalized spacial score (nSPS) is 10.4. The fourth-order valence-corrected chi connectivity index (χ4v) is 1.44. The van der Waals surface area contributed by atoms with Crippen molar-refractivity contribution in [3.05, 3.63) is 29.8 Å². The molecule has 1 aromatic carbocycles. The van der Waals surface area contributed by atoms with Crippen molar-refractivity contribution in [2.24, 2.45) is 5.92 Å². The van der Waals surface area contributed by atoms with Gasteiger partial charge in [0.15, 0.2) is 0 Å². The molecule has 94 valence electrons. The molecule has 0 unspecified atom stereocenters. The SMILES string of the molecule is CC(C)CNC(=O)c1cccc(OCCBr)c1. The lowest BCUT2D eigenvalue weighted by atomic mass is 10.2. The maximum Gasteiger partial charge on any atom is 0.251 e. The van der Waals surface area contributed by atoms with E-state index in [1.165, 1.54) is 0 Å². The first-order chi connectivity index (χ1) is 8.13. The number of carbonyl (C=O) groups excluding carboxylic acids is 1. The molecule has 0 aliphatic carbocycles. The minimum Gasteiger partial charge on any atom is -0.493 e. The van der Waals surface area contributed by atoms with Gasteiger partial charge in [-0.1, -0.05) is 35.8 Å². The molecule has 1 rings (SSSR count). The Balaban J connectivity index is 2.60. The molecule has 1 amide bonds. The predicted octanol–water partition coefficient (Wildman–Crippen LogP) is 2.85. The summed E-state index contributed by atoms with van der Waals surface area (Å²) in [6.07, 6.45) is 0. The second-order valence-electron chi connectivity index (χ2n) is 4.17. The molecule has 0 spiro atoms. The average Bonchev–Trinajstić information content (AvgIpc) is 2.33. The minimum absolute atomic E-state index is 0.0528. The quantitative estimate of drug-likeness (QED) is 0.820. The summed E-state index contributed by atoms with van der Waals surface area (Å²) in [5, 5.41) is 3.65. The molecule has 0 saturated heterocycles. The van der Waals surface area contributed by atoms with Gasteiger partial charge in [0, 0.05) is 17.4 Å². The molecular weight excluding hydrogens is 282 g/mol. The second-order valence-corrected chi connectivity index (χ2v) is 4.96. The van der Waals surface area contributed by atoms with E-state index in [0.29, 0.717) is 24.6 Å². The van der Waals surface area contributed by atoms with Crippen LogP contribution in [0.1, 0.15) is 24.2 Å². The summed E-state index contributed by atoms with van der Waals surface area (Å²) in [6, 6.07) is 7.23. The first kappa shape index (κ1) is 14.0. The molecule has 0 aliphatic heterocycles. The number of carbonyl (C=O) groups is 1. The standard InChI is InChI=1S/C13H18BrNO2/c1-10(2)9-15-13(16)11-4-3-5-12(8-11)17-7-6-14/h3-5,8,10H,6-7,9H2,1-2H3,(H,15,16). The van der Waals surface area contributed by atoms with Gasteiger partial charge in [0.1, 0.15) is 5.75 Å². The number of alkyl halides is 1. The maximum absolute atomic E-state index is 11.8. The van der Waals surface area contributed by atoms with Gasteiger partial charge in [-0.3, -0.25) is 4.79 Å². The Kier molecular flexibility index (Phi) is 6.05. The Morgan fingerprint density at radius 3 is 2.88 bits per heavy atom. The molecule has 1 aromatic rings. The van der Waals surface area contributed by atoms with Crippen LogP contribution in [0.3, 0.4) is 0 Å². The van der Waals surface area contributed by atoms with Crippen molar-refractivity contribution < 1.29 is 9.53 Å². The lowest BCUT2D eigenvalue weighted by Gasteiger charge is -2.09. The monoisotopic (exact) mass is 299 g/mol. The molecule has 0 heterocycles. The van der Waals surface area contributed by atoms with E-state index < -0.39 is 0 Å². The number of hydrogen-bond acceptors (Lipinski definition) is 2. The first-order valence-corrected chi connectivity index (χ1v) is 6.82. The van der Waals surface area contributed by atoms with Crippen molar-refractivity contribution in [1.82, 2.24) is 5.32 Å². The molecule has 1 N–H and O–H groups in total. The summed E-state index contributed by atoms with van der Waals surface area (Å²) in [4.78, 5) is 11.8. The summed E-state index contributed by atoms with van der Waals surface area (Å²) in [5.41, 5.74) is 0.637. The summed E-state index contributed by atoms with van der Waals surface area (Å²) >= 11 is 3.29. The number of hydrogen-bond donors (Lipinski definition) is 1. The van der Waals surface area contributed by atoms with Gasteiger partial charge in [-0.2, -0.15) is 0 Å². The number of halogens is 1. The van der Waals surface area contributed by atoms with E-state index in [2.05, 4.69) is 35.1 Å². The molecule has 17 heavy (non-hydrogen) atoms. The summed E-state index contributed by atoms with van der Waals surface area (Å²) in [6.45, 7) is 5.41. The Labute approximate surface area is 111 Å². The van der Waals surface area contributed by atoms with Crippen LogP contribution in [0.2, 0.25) is 0 Å². The van der Waals surface area contributed by atoms with Crippen molar-refractivity contribution in [1.29, 1.82) is 0 Å². The van der Waals surface area contributed by atoms with Crippen LogP contribution in [-0.4, -0.2) is 24.4 Å². The Hall–Kier alpha value is -1.03. The highest BCUT2D eigenvalue weighted by molar-refractivity contribution is 9.09. The number of rotatable bonds is 6. The van der Waals surface area contributed by atoms with Gasteiger partial charge in [0.2, 0.25) is 0 Å². The van der Waals surface area contributed by atoms with Crippen LogP contribution in [-0.2, 0) is 0 Å². The fraction of sp³-hybridized carbons (Fsp3) is 0.462. The summed E-state index contributed by atoms with van der Waals surface area (Å²) in [5.74, 6) is 1.12. The third-order valence-electron chi connectivity index (χ3n) is 2.11. The summed E-state index contributed by atoms with van der Waals surface area (Å²) < 4.78 is 5.44. The number of benzene rings is 1. The second kappa shape index (κ2) is 7.33. The molecule has 3 nitrogen and oxygen atoms in total. The zero-order valence-corrected chi connectivity index (χ0v) is 11.8. The van der Waals surface area contributed by atoms with Crippen molar-refractivity contribution >= 4 is 21.8 Å². The van der Waals surface area contributed by atoms with E-state index in [0.717, 1.165) is 11.1 Å². The highest BCUT2D eigenvalue weighted by Crippen LogP contribution is 2.13. The summed E-state index contributed by atoms with van der Waals surface area (Å²) in [7, 11) is 0. The molecule has 0 radical (unpaired) electrons. The van der Waals surface area contributed by atoms with Gasteiger partial charge in [-0.05, 0) is 24.1 Å². The molecule has 0 bridgehead atoms. The van der Waals surface area contributed by atoms with Crippen LogP contribution in [0.4, 0.5) is 0 Å². The molecule has 4 heteroatoms.